The molecule has 0 aromatic carbocycles. The Morgan fingerprint density at radius 2 is 2.39 bits per heavy atom. The Bertz CT molecular complexity index is 444. The summed E-state index contributed by atoms with van der Waals surface area (Å²) in [5.74, 6) is 0.105. The standard InChI is InChI=1S/C13H18BrNO2S/c1-13(2)11(16)4-3-5-15(13)12(17)7-10-6-9(14)8-18-10/h6,8,11,16H,3-5,7H2,1-2H3. The molecule has 2 heterocycles. The molecule has 0 aliphatic carbocycles. The number of hydrogen-bond donors (Lipinski definition) is 1. The molecule has 100 valence electrons. The van der Waals surface area contributed by atoms with Crippen molar-refractivity contribution < 1.29 is 9.90 Å². The van der Waals surface area contributed by atoms with Gasteiger partial charge in [-0.3, -0.25) is 4.79 Å². The Kier molecular flexibility index (Phi) is 4.14. The number of amides is 1. The molecule has 0 bridgehead atoms. The molecule has 1 unspecified atom stereocenters. The normalized spacial score (nSPS) is 23.1. The minimum absolute atomic E-state index is 0.105. The van der Waals surface area contributed by atoms with E-state index in [4.69, 9.17) is 0 Å². The first-order valence-corrected chi connectivity index (χ1v) is 7.80. The summed E-state index contributed by atoms with van der Waals surface area (Å²) < 4.78 is 1.02. The fourth-order valence-corrected chi connectivity index (χ4v) is 3.84. The number of halogens is 1. The van der Waals surface area contributed by atoms with Gasteiger partial charge in [-0.2, -0.15) is 0 Å². The molecular formula is C13H18BrNO2S. The van der Waals surface area contributed by atoms with Crippen LogP contribution in [0, 0.1) is 0 Å². The van der Waals surface area contributed by atoms with Gasteiger partial charge in [0.05, 0.1) is 18.1 Å². The summed E-state index contributed by atoms with van der Waals surface area (Å²) in [6.45, 7) is 4.63. The smallest absolute Gasteiger partial charge is 0.228 e. The zero-order chi connectivity index (χ0) is 13.3. The first-order valence-electron chi connectivity index (χ1n) is 6.12. The largest absolute Gasteiger partial charge is 0.391 e. The molecule has 2 rings (SSSR count). The molecule has 1 atom stereocenters. The highest BCUT2D eigenvalue weighted by atomic mass is 79.9. The second-order valence-corrected chi connectivity index (χ2v) is 7.18. The highest BCUT2D eigenvalue weighted by Gasteiger charge is 2.39. The molecule has 1 aromatic rings. The zero-order valence-electron chi connectivity index (χ0n) is 10.6. The van der Waals surface area contributed by atoms with Crippen molar-refractivity contribution in [1.82, 2.24) is 4.90 Å². The van der Waals surface area contributed by atoms with Gasteiger partial charge in [-0.15, -0.1) is 11.3 Å². The van der Waals surface area contributed by atoms with Gasteiger partial charge in [0.1, 0.15) is 0 Å². The van der Waals surface area contributed by atoms with Crippen molar-refractivity contribution in [2.75, 3.05) is 6.54 Å². The summed E-state index contributed by atoms with van der Waals surface area (Å²) in [4.78, 5) is 15.2. The maximum absolute atomic E-state index is 12.3. The summed E-state index contributed by atoms with van der Waals surface area (Å²) in [6, 6.07) is 1.98. The molecule has 0 spiro atoms. The quantitative estimate of drug-likeness (QED) is 0.905. The van der Waals surface area contributed by atoms with E-state index in [-0.39, 0.29) is 5.91 Å². The number of aliphatic hydroxyl groups excluding tert-OH is 1. The van der Waals surface area contributed by atoms with Gasteiger partial charge in [0, 0.05) is 21.3 Å². The molecule has 18 heavy (non-hydrogen) atoms. The number of nitrogens with zero attached hydrogens (tertiary/aromatic N) is 1. The number of thiophene rings is 1. The molecule has 0 saturated carbocycles. The number of rotatable bonds is 2. The average Bonchev–Trinajstić information content (AvgIpc) is 2.67. The number of likely N-dealkylation sites (tertiary alicyclic amines) is 1. The zero-order valence-corrected chi connectivity index (χ0v) is 13.1. The van der Waals surface area contributed by atoms with Crippen LogP contribution in [0.4, 0.5) is 0 Å². The second-order valence-electron chi connectivity index (χ2n) is 5.27. The molecular weight excluding hydrogens is 314 g/mol. The van der Waals surface area contributed by atoms with Crippen molar-refractivity contribution in [1.29, 1.82) is 0 Å². The van der Waals surface area contributed by atoms with E-state index >= 15 is 0 Å². The fraction of sp³-hybridized carbons (Fsp3) is 0.615. The van der Waals surface area contributed by atoms with E-state index in [1.165, 1.54) is 0 Å². The van der Waals surface area contributed by atoms with E-state index in [0.717, 1.165) is 28.7 Å². The summed E-state index contributed by atoms with van der Waals surface area (Å²) in [6.07, 6.45) is 1.66. The predicted molar refractivity (Wildman–Crippen MR) is 76.8 cm³/mol. The molecule has 1 aliphatic heterocycles. The average molecular weight is 332 g/mol. The summed E-state index contributed by atoms with van der Waals surface area (Å²) in [5, 5.41) is 12.0. The van der Waals surface area contributed by atoms with Crippen LogP contribution in [0.5, 0.6) is 0 Å². The Balaban J connectivity index is 2.08. The summed E-state index contributed by atoms with van der Waals surface area (Å²) in [5.41, 5.74) is -0.455. The predicted octanol–water partition coefficient (Wildman–Crippen LogP) is 2.82. The number of carbonyl (C=O) groups excluding carboxylic acids is 1. The number of hydrogen-bond acceptors (Lipinski definition) is 3. The van der Waals surface area contributed by atoms with Crippen LogP contribution in [0.25, 0.3) is 0 Å². The van der Waals surface area contributed by atoms with Crippen molar-refractivity contribution in [3.8, 4) is 0 Å². The van der Waals surface area contributed by atoms with Crippen LogP contribution in [-0.4, -0.2) is 34.1 Å². The van der Waals surface area contributed by atoms with E-state index in [9.17, 15) is 9.90 Å². The first kappa shape index (κ1) is 14.0. The molecule has 1 N–H and O–H groups in total. The van der Waals surface area contributed by atoms with Crippen LogP contribution in [0.3, 0.4) is 0 Å². The Morgan fingerprint density at radius 3 is 3.00 bits per heavy atom. The lowest BCUT2D eigenvalue weighted by Gasteiger charge is -2.45. The van der Waals surface area contributed by atoms with Crippen LogP contribution in [-0.2, 0) is 11.2 Å². The van der Waals surface area contributed by atoms with Crippen LogP contribution in [0.2, 0.25) is 0 Å². The van der Waals surface area contributed by atoms with Crippen LogP contribution < -0.4 is 0 Å². The topological polar surface area (TPSA) is 40.5 Å². The molecule has 1 fully saturated rings. The van der Waals surface area contributed by atoms with Gasteiger partial charge < -0.3 is 10.0 Å². The summed E-state index contributed by atoms with van der Waals surface area (Å²) in [7, 11) is 0. The number of carbonyl (C=O) groups is 1. The third kappa shape index (κ3) is 2.78. The highest BCUT2D eigenvalue weighted by molar-refractivity contribution is 9.10. The van der Waals surface area contributed by atoms with Gasteiger partial charge in [0.25, 0.3) is 0 Å². The second kappa shape index (κ2) is 5.31. The van der Waals surface area contributed by atoms with Gasteiger partial charge in [0.2, 0.25) is 5.91 Å². The number of aliphatic hydroxyl groups is 1. The van der Waals surface area contributed by atoms with E-state index in [1.54, 1.807) is 11.3 Å². The van der Waals surface area contributed by atoms with E-state index in [0.29, 0.717) is 6.42 Å². The van der Waals surface area contributed by atoms with Gasteiger partial charge >= 0.3 is 0 Å². The maximum Gasteiger partial charge on any atom is 0.228 e. The molecule has 5 heteroatoms. The van der Waals surface area contributed by atoms with Crippen molar-refractivity contribution >= 4 is 33.2 Å². The minimum atomic E-state index is -0.455. The molecule has 1 amide bonds. The lowest BCUT2D eigenvalue weighted by atomic mass is 9.87. The van der Waals surface area contributed by atoms with E-state index in [2.05, 4.69) is 15.9 Å². The maximum atomic E-state index is 12.3. The summed E-state index contributed by atoms with van der Waals surface area (Å²) >= 11 is 4.98. The van der Waals surface area contributed by atoms with Crippen LogP contribution in [0.1, 0.15) is 31.6 Å². The van der Waals surface area contributed by atoms with Gasteiger partial charge in [-0.05, 0) is 48.7 Å². The highest BCUT2D eigenvalue weighted by Crippen LogP contribution is 2.29. The molecule has 0 radical (unpaired) electrons. The SMILES string of the molecule is CC1(C)C(O)CCCN1C(=O)Cc1cc(Br)cs1. The molecule has 1 saturated heterocycles. The van der Waals surface area contributed by atoms with Crippen LogP contribution >= 0.6 is 27.3 Å². The van der Waals surface area contributed by atoms with Crippen molar-refractivity contribution in [2.45, 2.75) is 44.8 Å². The Labute approximate surface area is 120 Å². The monoisotopic (exact) mass is 331 g/mol. The van der Waals surface area contributed by atoms with E-state index in [1.807, 2.05) is 30.2 Å². The molecule has 3 nitrogen and oxygen atoms in total. The van der Waals surface area contributed by atoms with E-state index < -0.39 is 11.6 Å². The number of piperidine rings is 1. The minimum Gasteiger partial charge on any atom is -0.391 e. The van der Waals surface area contributed by atoms with Gasteiger partial charge in [-0.25, -0.2) is 0 Å². The Morgan fingerprint density at radius 1 is 1.67 bits per heavy atom. The fourth-order valence-electron chi connectivity index (χ4n) is 2.40. The van der Waals surface area contributed by atoms with Crippen molar-refractivity contribution in [3.05, 3.63) is 20.8 Å². The lowest BCUT2D eigenvalue weighted by Crippen LogP contribution is -2.58. The van der Waals surface area contributed by atoms with Gasteiger partial charge in [-0.1, -0.05) is 0 Å². The van der Waals surface area contributed by atoms with Crippen molar-refractivity contribution in [3.63, 3.8) is 0 Å². The third-order valence-electron chi connectivity index (χ3n) is 3.62. The lowest BCUT2D eigenvalue weighted by molar-refractivity contribution is -0.144. The van der Waals surface area contributed by atoms with Crippen LogP contribution in [0.15, 0.2) is 15.9 Å². The van der Waals surface area contributed by atoms with Crippen molar-refractivity contribution in [2.24, 2.45) is 0 Å². The third-order valence-corrected chi connectivity index (χ3v) is 5.32. The van der Waals surface area contributed by atoms with Gasteiger partial charge in [0.15, 0.2) is 0 Å². The molecule has 1 aromatic heterocycles. The first-order chi connectivity index (χ1) is 8.41. The molecule has 1 aliphatic rings. The Hall–Kier alpha value is -0.390.